The molecule has 0 spiro atoms. The molecule has 12 heavy (non-hydrogen) atoms. The zero-order chi connectivity index (χ0) is 9.14. The maximum atomic E-state index is 5.88. The second kappa shape index (κ2) is 4.10. The molecule has 1 atom stereocenters. The molecule has 2 nitrogen and oxygen atoms in total. The van der Waals surface area contributed by atoms with E-state index in [9.17, 15) is 0 Å². The zero-order valence-electron chi connectivity index (χ0n) is 6.43. The van der Waals surface area contributed by atoms with Crippen molar-refractivity contribution < 1.29 is 0 Å². The molecule has 66 valence electrons. The molecule has 0 radical (unpaired) electrons. The zero-order valence-corrected chi connectivity index (χ0v) is 7.94. The Balaban J connectivity index is 3.12. The van der Waals surface area contributed by atoms with Crippen molar-refractivity contribution in [3.05, 3.63) is 33.8 Å². The van der Waals surface area contributed by atoms with Crippen LogP contribution in [0.25, 0.3) is 0 Å². The van der Waals surface area contributed by atoms with Crippen LogP contribution in [0.2, 0.25) is 10.0 Å². The first-order valence-electron chi connectivity index (χ1n) is 3.56. The summed E-state index contributed by atoms with van der Waals surface area (Å²) < 4.78 is 0. The molecule has 0 unspecified atom stereocenters. The Kier molecular flexibility index (Phi) is 3.35. The highest BCUT2D eigenvalue weighted by Crippen LogP contribution is 2.28. The lowest BCUT2D eigenvalue weighted by Crippen LogP contribution is -2.21. The van der Waals surface area contributed by atoms with Crippen LogP contribution in [0, 0.1) is 0 Å². The number of hydrogen-bond donors (Lipinski definition) is 2. The first kappa shape index (κ1) is 9.81. The molecule has 0 heterocycles. The molecule has 0 aromatic heterocycles. The molecule has 0 aliphatic heterocycles. The Labute approximate surface area is 81.4 Å². The Morgan fingerprint density at radius 1 is 1.25 bits per heavy atom. The smallest absolute Gasteiger partial charge is 0.0469 e. The average Bonchev–Trinajstić information content (AvgIpc) is 2.03. The van der Waals surface area contributed by atoms with E-state index in [2.05, 4.69) is 0 Å². The minimum absolute atomic E-state index is 0.286. The number of rotatable bonds is 2. The molecule has 0 saturated carbocycles. The van der Waals surface area contributed by atoms with Crippen molar-refractivity contribution in [1.29, 1.82) is 0 Å². The van der Waals surface area contributed by atoms with Gasteiger partial charge in [0.2, 0.25) is 0 Å². The maximum absolute atomic E-state index is 5.88. The lowest BCUT2D eigenvalue weighted by Gasteiger charge is -2.12. The number of halogens is 2. The normalized spacial score (nSPS) is 13.0. The van der Waals surface area contributed by atoms with Gasteiger partial charge in [-0.3, -0.25) is 0 Å². The van der Waals surface area contributed by atoms with E-state index in [0.717, 1.165) is 5.56 Å². The Morgan fingerprint density at radius 3 is 2.17 bits per heavy atom. The first-order valence-corrected chi connectivity index (χ1v) is 4.32. The van der Waals surface area contributed by atoms with Gasteiger partial charge in [-0.25, -0.2) is 0 Å². The van der Waals surface area contributed by atoms with E-state index >= 15 is 0 Å². The van der Waals surface area contributed by atoms with E-state index < -0.39 is 0 Å². The van der Waals surface area contributed by atoms with Crippen molar-refractivity contribution in [2.24, 2.45) is 11.5 Å². The van der Waals surface area contributed by atoms with Crippen LogP contribution in [-0.2, 0) is 0 Å². The van der Waals surface area contributed by atoms with Gasteiger partial charge >= 0.3 is 0 Å². The third-order valence-corrected chi connectivity index (χ3v) is 2.28. The number of nitrogens with two attached hydrogens (primary N) is 2. The average molecular weight is 205 g/mol. The maximum Gasteiger partial charge on any atom is 0.0469 e. The molecule has 4 heteroatoms. The summed E-state index contributed by atoms with van der Waals surface area (Å²) in [4.78, 5) is 0. The van der Waals surface area contributed by atoms with E-state index in [1.807, 2.05) is 0 Å². The standard InChI is InChI=1S/C8H10Cl2N2/c9-5-2-1-3-6(10)8(5)7(12)4-11/h1-3,7H,4,11-12H2/t7-/m1/s1. The van der Waals surface area contributed by atoms with Gasteiger partial charge in [0.05, 0.1) is 0 Å². The second-order valence-electron chi connectivity index (χ2n) is 2.48. The number of benzene rings is 1. The fourth-order valence-electron chi connectivity index (χ4n) is 0.983. The summed E-state index contributed by atoms with van der Waals surface area (Å²) in [7, 11) is 0. The monoisotopic (exact) mass is 204 g/mol. The van der Waals surface area contributed by atoms with E-state index in [-0.39, 0.29) is 6.04 Å². The van der Waals surface area contributed by atoms with Crippen molar-refractivity contribution in [3.63, 3.8) is 0 Å². The van der Waals surface area contributed by atoms with E-state index in [4.69, 9.17) is 34.7 Å². The highest BCUT2D eigenvalue weighted by Gasteiger charge is 2.11. The number of hydrogen-bond acceptors (Lipinski definition) is 2. The minimum Gasteiger partial charge on any atom is -0.329 e. The van der Waals surface area contributed by atoms with Crippen molar-refractivity contribution in [3.8, 4) is 0 Å². The third-order valence-electron chi connectivity index (χ3n) is 1.62. The Hall–Kier alpha value is -0.280. The summed E-state index contributed by atoms with van der Waals surface area (Å²) in [6.45, 7) is 0.337. The molecule has 1 rings (SSSR count). The topological polar surface area (TPSA) is 52.0 Å². The van der Waals surface area contributed by atoms with Crippen molar-refractivity contribution in [2.75, 3.05) is 6.54 Å². The molecular formula is C8H10Cl2N2. The molecule has 0 bridgehead atoms. The Bertz CT molecular complexity index is 256. The second-order valence-corrected chi connectivity index (χ2v) is 3.29. The van der Waals surface area contributed by atoms with Crippen LogP contribution in [-0.4, -0.2) is 6.54 Å². The van der Waals surface area contributed by atoms with Crippen molar-refractivity contribution >= 4 is 23.2 Å². The van der Waals surface area contributed by atoms with Gasteiger partial charge < -0.3 is 11.5 Å². The molecule has 0 saturated heterocycles. The van der Waals surface area contributed by atoms with Crippen LogP contribution in [0.15, 0.2) is 18.2 Å². The minimum atomic E-state index is -0.286. The van der Waals surface area contributed by atoms with Crippen LogP contribution in [0.4, 0.5) is 0 Å². The van der Waals surface area contributed by atoms with Gasteiger partial charge in [-0.1, -0.05) is 29.3 Å². The van der Waals surface area contributed by atoms with Crippen LogP contribution in [0.1, 0.15) is 11.6 Å². The van der Waals surface area contributed by atoms with Crippen LogP contribution < -0.4 is 11.5 Å². The summed E-state index contributed by atoms with van der Waals surface area (Å²) in [5.74, 6) is 0. The van der Waals surface area contributed by atoms with Crippen LogP contribution >= 0.6 is 23.2 Å². The van der Waals surface area contributed by atoms with Crippen molar-refractivity contribution in [1.82, 2.24) is 0 Å². The summed E-state index contributed by atoms with van der Waals surface area (Å²) in [6, 6.07) is 4.99. The molecule has 0 fully saturated rings. The molecule has 4 N–H and O–H groups in total. The Morgan fingerprint density at radius 2 is 1.75 bits per heavy atom. The predicted molar refractivity (Wildman–Crippen MR) is 52.4 cm³/mol. The molecular weight excluding hydrogens is 195 g/mol. The summed E-state index contributed by atoms with van der Waals surface area (Å²) in [6.07, 6.45) is 0. The van der Waals surface area contributed by atoms with E-state index in [0.29, 0.717) is 16.6 Å². The van der Waals surface area contributed by atoms with Crippen LogP contribution in [0.5, 0.6) is 0 Å². The van der Waals surface area contributed by atoms with E-state index in [1.54, 1.807) is 18.2 Å². The lowest BCUT2D eigenvalue weighted by atomic mass is 10.1. The SMILES string of the molecule is NC[C@@H](N)c1c(Cl)cccc1Cl. The summed E-state index contributed by atoms with van der Waals surface area (Å²) in [5.41, 5.74) is 11.8. The van der Waals surface area contributed by atoms with Gasteiger partial charge in [0.15, 0.2) is 0 Å². The van der Waals surface area contributed by atoms with Gasteiger partial charge in [0.25, 0.3) is 0 Å². The molecule has 0 aliphatic carbocycles. The third kappa shape index (κ3) is 1.90. The van der Waals surface area contributed by atoms with E-state index in [1.165, 1.54) is 0 Å². The van der Waals surface area contributed by atoms with Crippen LogP contribution in [0.3, 0.4) is 0 Å². The molecule has 0 amide bonds. The fourth-order valence-corrected chi connectivity index (χ4v) is 1.66. The highest BCUT2D eigenvalue weighted by molar-refractivity contribution is 6.36. The van der Waals surface area contributed by atoms with Crippen molar-refractivity contribution in [2.45, 2.75) is 6.04 Å². The van der Waals surface area contributed by atoms with Gasteiger partial charge in [-0.05, 0) is 12.1 Å². The largest absolute Gasteiger partial charge is 0.329 e. The molecule has 0 aliphatic rings. The summed E-state index contributed by atoms with van der Waals surface area (Å²) >= 11 is 11.8. The van der Waals surface area contributed by atoms with Gasteiger partial charge in [-0.15, -0.1) is 0 Å². The fraction of sp³-hybridized carbons (Fsp3) is 0.250. The van der Waals surface area contributed by atoms with Gasteiger partial charge in [0.1, 0.15) is 0 Å². The molecule has 1 aromatic rings. The highest BCUT2D eigenvalue weighted by atomic mass is 35.5. The van der Waals surface area contributed by atoms with Gasteiger partial charge in [-0.2, -0.15) is 0 Å². The lowest BCUT2D eigenvalue weighted by molar-refractivity contribution is 0.737. The molecule has 1 aromatic carbocycles. The predicted octanol–water partition coefficient (Wildman–Crippen LogP) is 1.95. The summed E-state index contributed by atoms with van der Waals surface area (Å²) in [5, 5.41) is 1.14. The quantitative estimate of drug-likeness (QED) is 0.775. The first-order chi connectivity index (χ1) is 5.66. The van der Waals surface area contributed by atoms with Gasteiger partial charge in [0, 0.05) is 28.2 Å².